The van der Waals surface area contributed by atoms with Crippen LogP contribution >= 0.6 is 11.3 Å². The van der Waals surface area contributed by atoms with Gasteiger partial charge in [0.25, 0.3) is 0 Å². The van der Waals surface area contributed by atoms with Gasteiger partial charge in [-0.3, -0.25) is 9.59 Å². The number of carbonyl (C=O) groups is 2. The van der Waals surface area contributed by atoms with Gasteiger partial charge in [0.1, 0.15) is 5.75 Å². The fourth-order valence-electron chi connectivity index (χ4n) is 2.56. The smallest absolute Gasteiger partial charge is 0.230 e. The van der Waals surface area contributed by atoms with Gasteiger partial charge in [0.15, 0.2) is 10.9 Å². The van der Waals surface area contributed by atoms with Crippen molar-refractivity contribution in [3.8, 4) is 5.75 Å². The molecule has 0 bridgehead atoms. The molecule has 1 aromatic heterocycles. The predicted octanol–water partition coefficient (Wildman–Crippen LogP) is 4.00. The van der Waals surface area contributed by atoms with Crippen molar-refractivity contribution in [2.24, 2.45) is 0 Å². The van der Waals surface area contributed by atoms with E-state index in [2.05, 4.69) is 10.3 Å². The molecule has 0 aliphatic heterocycles. The molecule has 0 aliphatic carbocycles. The van der Waals surface area contributed by atoms with E-state index in [9.17, 15) is 9.59 Å². The molecule has 0 unspecified atom stereocenters. The molecular weight excluding hydrogens is 336 g/mol. The highest BCUT2D eigenvalue weighted by molar-refractivity contribution is 7.22. The maximum absolute atomic E-state index is 12.4. The van der Waals surface area contributed by atoms with Gasteiger partial charge in [0, 0.05) is 11.1 Å². The Hall–Kier alpha value is -2.73. The van der Waals surface area contributed by atoms with Crippen LogP contribution in [0.15, 0.2) is 36.4 Å². The van der Waals surface area contributed by atoms with Crippen LogP contribution < -0.4 is 10.1 Å². The van der Waals surface area contributed by atoms with E-state index in [0.29, 0.717) is 22.0 Å². The average molecular weight is 354 g/mol. The van der Waals surface area contributed by atoms with Crippen LogP contribution in [0.1, 0.15) is 28.4 Å². The Morgan fingerprint density at radius 3 is 2.72 bits per heavy atom. The summed E-state index contributed by atoms with van der Waals surface area (Å²) in [5.41, 5.74) is 3.24. The van der Waals surface area contributed by atoms with Crippen LogP contribution in [-0.2, 0) is 11.2 Å². The Balaban J connectivity index is 1.79. The summed E-state index contributed by atoms with van der Waals surface area (Å²) in [4.78, 5) is 28.4. The quantitative estimate of drug-likeness (QED) is 0.703. The molecule has 0 fully saturated rings. The Labute approximate surface area is 149 Å². The summed E-state index contributed by atoms with van der Waals surface area (Å²) in [6.07, 6.45) is 0.110. The largest absolute Gasteiger partial charge is 0.496 e. The zero-order chi connectivity index (χ0) is 18.0. The van der Waals surface area contributed by atoms with E-state index in [0.717, 1.165) is 15.8 Å². The van der Waals surface area contributed by atoms with Crippen molar-refractivity contribution in [1.82, 2.24) is 4.98 Å². The minimum atomic E-state index is -0.199. The molecule has 0 radical (unpaired) electrons. The van der Waals surface area contributed by atoms with Crippen molar-refractivity contribution in [1.29, 1.82) is 0 Å². The second-order valence-corrected chi connectivity index (χ2v) is 6.83. The van der Waals surface area contributed by atoms with Crippen LogP contribution in [0.3, 0.4) is 0 Å². The second-order valence-electron chi connectivity index (χ2n) is 5.80. The first kappa shape index (κ1) is 17.1. The molecule has 0 atom stereocenters. The summed E-state index contributed by atoms with van der Waals surface area (Å²) >= 11 is 1.44. The van der Waals surface area contributed by atoms with E-state index in [1.165, 1.54) is 18.3 Å². The molecule has 1 N–H and O–H groups in total. The maximum atomic E-state index is 12.4. The number of ketones is 1. The molecule has 25 heavy (non-hydrogen) atoms. The minimum absolute atomic E-state index is 0.0501. The Kier molecular flexibility index (Phi) is 4.81. The third-order valence-corrected chi connectivity index (χ3v) is 4.76. The van der Waals surface area contributed by atoms with Gasteiger partial charge in [-0.2, -0.15) is 0 Å². The number of methoxy groups -OCH3 is 1. The Morgan fingerprint density at radius 2 is 2.00 bits per heavy atom. The van der Waals surface area contributed by atoms with Crippen molar-refractivity contribution >= 4 is 38.4 Å². The number of aryl methyl sites for hydroxylation is 1. The third-order valence-electron chi connectivity index (χ3n) is 3.83. The number of aromatic nitrogens is 1. The lowest BCUT2D eigenvalue weighted by Crippen LogP contribution is -2.15. The van der Waals surface area contributed by atoms with Crippen molar-refractivity contribution in [3.63, 3.8) is 0 Å². The molecule has 0 spiro atoms. The van der Waals surface area contributed by atoms with E-state index in [1.807, 2.05) is 25.1 Å². The standard InChI is InChI=1S/C19H18N2O3S/c1-11-4-6-15-17(8-11)25-19(20-15)21-18(23)10-14-9-13(12(2)22)5-7-16(14)24-3/h4-9H,10H2,1-3H3,(H,20,21,23). The van der Waals surface area contributed by atoms with E-state index in [1.54, 1.807) is 25.3 Å². The van der Waals surface area contributed by atoms with E-state index in [4.69, 9.17) is 4.74 Å². The molecule has 128 valence electrons. The average Bonchev–Trinajstić information content (AvgIpc) is 2.95. The number of benzene rings is 2. The molecule has 3 aromatic rings. The molecule has 3 rings (SSSR count). The summed E-state index contributed by atoms with van der Waals surface area (Å²) in [5.74, 6) is 0.334. The lowest BCUT2D eigenvalue weighted by Gasteiger charge is -2.09. The first-order valence-corrected chi connectivity index (χ1v) is 8.63. The summed E-state index contributed by atoms with van der Waals surface area (Å²) in [6, 6.07) is 11.1. The molecule has 0 saturated heterocycles. The highest BCUT2D eigenvalue weighted by Crippen LogP contribution is 2.27. The van der Waals surface area contributed by atoms with E-state index < -0.39 is 0 Å². The number of anilines is 1. The topological polar surface area (TPSA) is 68.3 Å². The summed E-state index contributed by atoms with van der Waals surface area (Å²) in [7, 11) is 1.54. The molecule has 2 aromatic carbocycles. The predicted molar refractivity (Wildman–Crippen MR) is 99.7 cm³/mol. The van der Waals surface area contributed by atoms with Gasteiger partial charge in [-0.25, -0.2) is 4.98 Å². The number of rotatable bonds is 5. The normalized spacial score (nSPS) is 10.7. The molecular formula is C19H18N2O3S. The molecule has 5 nitrogen and oxygen atoms in total. The van der Waals surface area contributed by atoms with Crippen molar-refractivity contribution in [3.05, 3.63) is 53.1 Å². The molecule has 0 aliphatic rings. The maximum Gasteiger partial charge on any atom is 0.230 e. The number of fused-ring (bicyclic) bond motifs is 1. The fraction of sp³-hybridized carbons (Fsp3) is 0.211. The van der Waals surface area contributed by atoms with Crippen LogP contribution in [-0.4, -0.2) is 23.8 Å². The number of thiazole rings is 1. The number of nitrogens with one attached hydrogen (secondary N) is 1. The molecule has 1 amide bonds. The number of amides is 1. The minimum Gasteiger partial charge on any atom is -0.496 e. The molecule has 1 heterocycles. The first-order chi connectivity index (χ1) is 12.0. The van der Waals surface area contributed by atoms with E-state index >= 15 is 0 Å². The lowest BCUT2D eigenvalue weighted by molar-refractivity contribution is -0.115. The molecule has 6 heteroatoms. The molecule has 0 saturated carbocycles. The van der Waals surface area contributed by atoms with Gasteiger partial charge >= 0.3 is 0 Å². The lowest BCUT2D eigenvalue weighted by atomic mass is 10.0. The van der Waals surface area contributed by atoms with Gasteiger partial charge in [0.05, 0.1) is 23.7 Å². The van der Waals surface area contributed by atoms with Crippen molar-refractivity contribution in [2.75, 3.05) is 12.4 Å². The number of nitrogens with zero attached hydrogens (tertiary/aromatic N) is 1. The number of carbonyl (C=O) groups excluding carboxylic acids is 2. The van der Waals surface area contributed by atoms with Gasteiger partial charge in [-0.15, -0.1) is 0 Å². The van der Waals surface area contributed by atoms with Crippen LogP contribution in [0, 0.1) is 6.92 Å². The number of hydrogen-bond acceptors (Lipinski definition) is 5. The fourth-order valence-corrected chi connectivity index (χ4v) is 3.54. The SMILES string of the molecule is COc1ccc(C(C)=O)cc1CC(=O)Nc1nc2ccc(C)cc2s1. The highest BCUT2D eigenvalue weighted by atomic mass is 32.1. The van der Waals surface area contributed by atoms with E-state index in [-0.39, 0.29) is 18.1 Å². The Morgan fingerprint density at radius 1 is 1.20 bits per heavy atom. The first-order valence-electron chi connectivity index (χ1n) is 7.81. The zero-order valence-electron chi connectivity index (χ0n) is 14.3. The monoisotopic (exact) mass is 354 g/mol. The van der Waals surface area contributed by atoms with Gasteiger partial charge in [-0.05, 0) is 49.7 Å². The van der Waals surface area contributed by atoms with Gasteiger partial charge in [-0.1, -0.05) is 17.4 Å². The summed E-state index contributed by atoms with van der Waals surface area (Å²) < 4.78 is 6.32. The highest BCUT2D eigenvalue weighted by Gasteiger charge is 2.13. The summed E-state index contributed by atoms with van der Waals surface area (Å²) in [5, 5.41) is 3.39. The Bertz CT molecular complexity index is 962. The second kappa shape index (κ2) is 7.03. The number of hydrogen-bond donors (Lipinski definition) is 1. The zero-order valence-corrected chi connectivity index (χ0v) is 15.1. The van der Waals surface area contributed by atoms with Crippen molar-refractivity contribution < 1.29 is 14.3 Å². The number of Topliss-reactive ketones (excluding diaryl/α,β-unsaturated/α-hetero) is 1. The van der Waals surface area contributed by atoms with Crippen LogP contribution in [0.2, 0.25) is 0 Å². The van der Waals surface area contributed by atoms with Crippen molar-refractivity contribution in [2.45, 2.75) is 20.3 Å². The van der Waals surface area contributed by atoms with Gasteiger partial charge < -0.3 is 10.1 Å². The summed E-state index contributed by atoms with van der Waals surface area (Å²) in [6.45, 7) is 3.51. The van der Waals surface area contributed by atoms with Crippen LogP contribution in [0.25, 0.3) is 10.2 Å². The van der Waals surface area contributed by atoms with Gasteiger partial charge in [0.2, 0.25) is 5.91 Å². The van der Waals surface area contributed by atoms with Crippen LogP contribution in [0.5, 0.6) is 5.75 Å². The number of ether oxygens (including phenoxy) is 1. The third kappa shape index (κ3) is 3.85. The van der Waals surface area contributed by atoms with Crippen LogP contribution in [0.4, 0.5) is 5.13 Å².